The van der Waals surface area contributed by atoms with Crippen molar-refractivity contribution < 1.29 is 4.79 Å². The molecular formula is C15H21NO. The number of amides is 1. The van der Waals surface area contributed by atoms with Crippen molar-refractivity contribution in [2.75, 3.05) is 0 Å². The zero-order valence-corrected chi connectivity index (χ0v) is 10.8. The molecule has 17 heavy (non-hydrogen) atoms. The van der Waals surface area contributed by atoms with Crippen LogP contribution in [0.1, 0.15) is 32.4 Å². The summed E-state index contributed by atoms with van der Waals surface area (Å²) < 4.78 is 0. The highest BCUT2D eigenvalue weighted by Gasteiger charge is 2.19. The molecule has 0 saturated heterocycles. The molecule has 2 nitrogen and oxygen atoms in total. The molecule has 0 aliphatic heterocycles. The Morgan fingerprint density at radius 3 is 2.35 bits per heavy atom. The fourth-order valence-electron chi connectivity index (χ4n) is 1.61. The first-order valence-electron chi connectivity index (χ1n) is 6.04. The maximum atomic E-state index is 12.0. The third-order valence-corrected chi connectivity index (χ3v) is 3.23. The van der Waals surface area contributed by atoms with Crippen molar-refractivity contribution in [1.29, 1.82) is 0 Å². The smallest absolute Gasteiger partial charge is 0.223 e. The Hall–Kier alpha value is -1.57. The van der Waals surface area contributed by atoms with Gasteiger partial charge in [0.25, 0.3) is 0 Å². The SMILES string of the molecule is C=CC(C)[C@H](C)C(=O)N[C@@H](C)c1ccccc1. The Balaban J connectivity index is 2.60. The predicted molar refractivity (Wildman–Crippen MR) is 71.5 cm³/mol. The average Bonchev–Trinajstić information content (AvgIpc) is 2.37. The van der Waals surface area contributed by atoms with Crippen LogP contribution >= 0.6 is 0 Å². The van der Waals surface area contributed by atoms with Crippen LogP contribution in [0.3, 0.4) is 0 Å². The first-order chi connectivity index (χ1) is 8.06. The summed E-state index contributed by atoms with van der Waals surface area (Å²) in [7, 11) is 0. The first-order valence-corrected chi connectivity index (χ1v) is 6.04. The first kappa shape index (κ1) is 13.5. The lowest BCUT2D eigenvalue weighted by Crippen LogP contribution is -2.33. The number of carbonyl (C=O) groups excluding carboxylic acids is 1. The monoisotopic (exact) mass is 231 g/mol. The Morgan fingerprint density at radius 1 is 1.24 bits per heavy atom. The molecule has 92 valence electrons. The van der Waals surface area contributed by atoms with Crippen LogP contribution in [0.2, 0.25) is 0 Å². The topological polar surface area (TPSA) is 29.1 Å². The van der Waals surface area contributed by atoms with E-state index in [2.05, 4.69) is 11.9 Å². The molecule has 0 radical (unpaired) electrons. The highest BCUT2D eigenvalue weighted by Crippen LogP contribution is 2.16. The van der Waals surface area contributed by atoms with Gasteiger partial charge >= 0.3 is 0 Å². The van der Waals surface area contributed by atoms with Crippen LogP contribution in [0.15, 0.2) is 43.0 Å². The summed E-state index contributed by atoms with van der Waals surface area (Å²) in [6.07, 6.45) is 1.82. The van der Waals surface area contributed by atoms with Gasteiger partial charge in [0.1, 0.15) is 0 Å². The zero-order chi connectivity index (χ0) is 12.8. The number of hydrogen-bond acceptors (Lipinski definition) is 1. The quantitative estimate of drug-likeness (QED) is 0.774. The van der Waals surface area contributed by atoms with E-state index in [1.54, 1.807) is 0 Å². The van der Waals surface area contributed by atoms with Gasteiger partial charge in [-0.1, -0.05) is 50.3 Å². The maximum Gasteiger partial charge on any atom is 0.223 e. The van der Waals surface area contributed by atoms with E-state index in [0.29, 0.717) is 0 Å². The summed E-state index contributed by atoms with van der Waals surface area (Å²) in [5.41, 5.74) is 1.12. The molecule has 0 aliphatic rings. The van der Waals surface area contributed by atoms with Crippen LogP contribution in [0.5, 0.6) is 0 Å². The molecule has 0 heterocycles. The van der Waals surface area contributed by atoms with E-state index in [-0.39, 0.29) is 23.8 Å². The van der Waals surface area contributed by atoms with E-state index < -0.39 is 0 Å². The van der Waals surface area contributed by atoms with Gasteiger partial charge < -0.3 is 5.32 Å². The van der Waals surface area contributed by atoms with E-state index in [9.17, 15) is 4.79 Å². The molecule has 0 aromatic heterocycles. The Kier molecular flexibility index (Phi) is 4.95. The van der Waals surface area contributed by atoms with Crippen LogP contribution < -0.4 is 5.32 Å². The van der Waals surface area contributed by atoms with Crippen LogP contribution in [0.4, 0.5) is 0 Å². The normalized spacial score (nSPS) is 15.7. The largest absolute Gasteiger partial charge is 0.349 e. The molecule has 1 N–H and O–H groups in total. The lowest BCUT2D eigenvalue weighted by atomic mass is 9.95. The fraction of sp³-hybridized carbons (Fsp3) is 0.400. The molecule has 0 fully saturated rings. The van der Waals surface area contributed by atoms with Gasteiger partial charge in [-0.3, -0.25) is 4.79 Å². The third kappa shape index (κ3) is 3.74. The molecule has 3 atom stereocenters. The molecule has 2 heteroatoms. The number of benzene rings is 1. The van der Waals surface area contributed by atoms with Gasteiger partial charge in [-0.15, -0.1) is 6.58 Å². The summed E-state index contributed by atoms with van der Waals surface area (Å²) in [5.74, 6) is 0.227. The van der Waals surface area contributed by atoms with Crippen molar-refractivity contribution in [2.24, 2.45) is 11.8 Å². The van der Waals surface area contributed by atoms with Crippen molar-refractivity contribution in [2.45, 2.75) is 26.8 Å². The Bertz CT molecular complexity index is 372. The lowest BCUT2D eigenvalue weighted by Gasteiger charge is -2.20. The van der Waals surface area contributed by atoms with Crippen molar-refractivity contribution in [1.82, 2.24) is 5.32 Å². The summed E-state index contributed by atoms with van der Waals surface area (Å²) in [4.78, 5) is 12.0. The van der Waals surface area contributed by atoms with Crippen molar-refractivity contribution in [3.05, 3.63) is 48.6 Å². The fourth-order valence-corrected chi connectivity index (χ4v) is 1.61. The summed E-state index contributed by atoms with van der Waals surface area (Å²) in [6.45, 7) is 9.65. The van der Waals surface area contributed by atoms with Gasteiger partial charge in [-0.25, -0.2) is 0 Å². The second kappa shape index (κ2) is 6.24. The minimum absolute atomic E-state index is 0.0429. The number of nitrogens with one attached hydrogen (secondary N) is 1. The standard InChI is InChI=1S/C15H21NO/c1-5-11(2)12(3)15(17)16-13(4)14-9-7-6-8-10-14/h5-13H,1H2,2-4H3,(H,16,17)/t11?,12-,13-/m0/s1. The predicted octanol–water partition coefficient (Wildman–Crippen LogP) is 3.32. The van der Waals surface area contributed by atoms with Crippen molar-refractivity contribution in [3.63, 3.8) is 0 Å². The molecule has 0 spiro atoms. The highest BCUT2D eigenvalue weighted by atomic mass is 16.1. The molecule has 0 saturated carbocycles. The molecular weight excluding hydrogens is 210 g/mol. The minimum atomic E-state index is -0.0429. The second-order valence-electron chi connectivity index (χ2n) is 4.52. The molecule has 0 aliphatic carbocycles. The zero-order valence-electron chi connectivity index (χ0n) is 10.8. The number of hydrogen-bond donors (Lipinski definition) is 1. The maximum absolute atomic E-state index is 12.0. The number of allylic oxidation sites excluding steroid dienone is 1. The van der Waals surface area contributed by atoms with Crippen LogP contribution in [0.25, 0.3) is 0 Å². The summed E-state index contributed by atoms with van der Waals surface area (Å²) in [6, 6.07) is 10.0. The molecule has 1 amide bonds. The van der Waals surface area contributed by atoms with E-state index in [1.165, 1.54) is 0 Å². The van der Waals surface area contributed by atoms with E-state index >= 15 is 0 Å². The summed E-state index contributed by atoms with van der Waals surface area (Å²) in [5, 5.41) is 3.02. The molecule has 1 aromatic rings. The second-order valence-corrected chi connectivity index (χ2v) is 4.52. The van der Waals surface area contributed by atoms with E-state index in [1.807, 2.05) is 57.2 Å². The number of rotatable bonds is 5. The minimum Gasteiger partial charge on any atom is -0.349 e. The molecule has 1 rings (SSSR count). The van der Waals surface area contributed by atoms with E-state index in [0.717, 1.165) is 5.56 Å². The molecule has 0 bridgehead atoms. The van der Waals surface area contributed by atoms with Crippen molar-refractivity contribution in [3.8, 4) is 0 Å². The number of carbonyl (C=O) groups is 1. The van der Waals surface area contributed by atoms with Crippen molar-refractivity contribution >= 4 is 5.91 Å². The van der Waals surface area contributed by atoms with Gasteiger partial charge in [0.15, 0.2) is 0 Å². The van der Waals surface area contributed by atoms with Gasteiger partial charge in [-0.05, 0) is 18.4 Å². The lowest BCUT2D eigenvalue weighted by molar-refractivity contribution is -0.126. The molecule has 1 aromatic carbocycles. The summed E-state index contributed by atoms with van der Waals surface area (Å²) >= 11 is 0. The van der Waals surface area contributed by atoms with Gasteiger partial charge in [-0.2, -0.15) is 0 Å². The highest BCUT2D eigenvalue weighted by molar-refractivity contribution is 5.79. The Morgan fingerprint density at radius 2 is 1.82 bits per heavy atom. The van der Waals surface area contributed by atoms with Gasteiger partial charge in [0, 0.05) is 5.92 Å². The van der Waals surface area contributed by atoms with Crippen LogP contribution in [-0.4, -0.2) is 5.91 Å². The Labute approximate surface area is 104 Å². The van der Waals surface area contributed by atoms with Crippen LogP contribution in [0, 0.1) is 11.8 Å². The van der Waals surface area contributed by atoms with Gasteiger partial charge in [0.2, 0.25) is 5.91 Å². The van der Waals surface area contributed by atoms with Gasteiger partial charge in [0.05, 0.1) is 6.04 Å². The third-order valence-electron chi connectivity index (χ3n) is 3.23. The average molecular weight is 231 g/mol. The van der Waals surface area contributed by atoms with E-state index in [4.69, 9.17) is 0 Å². The molecule has 1 unspecified atom stereocenters. The van der Waals surface area contributed by atoms with Crippen LogP contribution in [-0.2, 0) is 4.79 Å².